The minimum Gasteiger partial charge on any atom is -0.494 e. The molecule has 2 aromatic heterocycles. The molecule has 0 saturated carbocycles. The average Bonchev–Trinajstić information content (AvgIpc) is 2.96. The lowest BCUT2D eigenvalue weighted by atomic mass is 10.1. The van der Waals surface area contributed by atoms with Crippen LogP contribution in [0.5, 0.6) is 5.88 Å². The fourth-order valence-corrected chi connectivity index (χ4v) is 3.02. The third kappa shape index (κ3) is 3.28. The molecule has 0 spiro atoms. The molecular formula is C20H14IN3O. The molecule has 4 aromatic rings. The Balaban J connectivity index is 1.77. The number of aromatic amines is 1. The quantitative estimate of drug-likeness (QED) is 0.337. The van der Waals surface area contributed by atoms with Crippen molar-refractivity contribution in [3.8, 4) is 17.0 Å². The molecule has 0 fully saturated rings. The van der Waals surface area contributed by atoms with Crippen LogP contribution in [0.4, 0.5) is 5.69 Å². The maximum Gasteiger partial charge on any atom is 0.199 e. The van der Waals surface area contributed by atoms with Crippen molar-refractivity contribution in [3.63, 3.8) is 0 Å². The number of nitrogens with one attached hydrogen (secondary N) is 1. The van der Waals surface area contributed by atoms with Gasteiger partial charge >= 0.3 is 0 Å². The highest BCUT2D eigenvalue weighted by Crippen LogP contribution is 2.29. The topological polar surface area (TPSA) is 61.3 Å². The van der Waals surface area contributed by atoms with Gasteiger partial charge in [-0.15, -0.1) is 0 Å². The highest BCUT2D eigenvalue weighted by molar-refractivity contribution is 14.1. The second-order valence-corrected chi connectivity index (χ2v) is 6.85. The Labute approximate surface area is 158 Å². The van der Waals surface area contributed by atoms with E-state index in [-0.39, 0.29) is 5.88 Å². The first-order chi connectivity index (χ1) is 12.2. The lowest BCUT2D eigenvalue weighted by Crippen LogP contribution is -1.83. The summed E-state index contributed by atoms with van der Waals surface area (Å²) in [5, 5.41) is 11.1. The maximum atomic E-state index is 10.2. The van der Waals surface area contributed by atoms with Crippen LogP contribution in [-0.4, -0.2) is 21.3 Å². The molecule has 0 saturated heterocycles. The number of aromatic hydroxyl groups is 1. The van der Waals surface area contributed by atoms with Gasteiger partial charge in [-0.3, -0.25) is 4.99 Å². The van der Waals surface area contributed by atoms with Gasteiger partial charge in [0.05, 0.1) is 11.3 Å². The van der Waals surface area contributed by atoms with Crippen LogP contribution in [-0.2, 0) is 0 Å². The predicted molar refractivity (Wildman–Crippen MR) is 110 cm³/mol. The number of hydrogen-bond acceptors (Lipinski definition) is 3. The maximum absolute atomic E-state index is 10.2. The zero-order valence-electron chi connectivity index (χ0n) is 13.1. The Morgan fingerprint density at radius 1 is 1.00 bits per heavy atom. The van der Waals surface area contributed by atoms with Crippen molar-refractivity contribution >= 4 is 45.5 Å². The summed E-state index contributed by atoms with van der Waals surface area (Å²) >= 11 is 2.26. The van der Waals surface area contributed by atoms with E-state index in [0.717, 1.165) is 25.8 Å². The van der Waals surface area contributed by atoms with E-state index >= 15 is 0 Å². The van der Waals surface area contributed by atoms with Crippen LogP contribution in [0.15, 0.2) is 71.9 Å². The van der Waals surface area contributed by atoms with Gasteiger partial charge in [-0.1, -0.05) is 30.3 Å². The highest BCUT2D eigenvalue weighted by atomic mass is 127. The minimum absolute atomic E-state index is 0.0713. The Morgan fingerprint density at radius 2 is 1.76 bits per heavy atom. The average molecular weight is 439 g/mol. The molecule has 0 aliphatic rings. The van der Waals surface area contributed by atoms with E-state index in [1.54, 1.807) is 12.4 Å². The van der Waals surface area contributed by atoms with Crippen LogP contribution in [0.1, 0.15) is 5.56 Å². The fourth-order valence-electron chi connectivity index (χ4n) is 2.66. The summed E-state index contributed by atoms with van der Waals surface area (Å²) in [5.41, 5.74) is 4.19. The summed E-state index contributed by atoms with van der Waals surface area (Å²) in [4.78, 5) is 11.8. The minimum atomic E-state index is 0.0713. The first kappa shape index (κ1) is 15.8. The van der Waals surface area contributed by atoms with Crippen molar-refractivity contribution in [2.75, 3.05) is 0 Å². The fraction of sp³-hybridized carbons (Fsp3) is 0. The van der Waals surface area contributed by atoms with Crippen LogP contribution in [0.25, 0.3) is 22.2 Å². The van der Waals surface area contributed by atoms with E-state index in [1.807, 2.05) is 60.7 Å². The molecule has 0 amide bonds. The molecule has 0 bridgehead atoms. The smallest absolute Gasteiger partial charge is 0.199 e. The van der Waals surface area contributed by atoms with Crippen molar-refractivity contribution in [1.29, 1.82) is 0 Å². The Kier molecular flexibility index (Phi) is 4.23. The van der Waals surface area contributed by atoms with Crippen molar-refractivity contribution in [2.24, 2.45) is 4.99 Å². The molecule has 0 radical (unpaired) electrons. The van der Waals surface area contributed by atoms with E-state index < -0.39 is 0 Å². The van der Waals surface area contributed by atoms with Gasteiger partial charge in [0.1, 0.15) is 5.65 Å². The Bertz CT molecular complexity index is 1050. The van der Waals surface area contributed by atoms with Gasteiger partial charge < -0.3 is 10.1 Å². The normalized spacial score (nSPS) is 11.4. The van der Waals surface area contributed by atoms with Crippen LogP contribution in [0.2, 0.25) is 0 Å². The van der Waals surface area contributed by atoms with E-state index in [9.17, 15) is 5.11 Å². The number of hydrogen-bond donors (Lipinski definition) is 2. The van der Waals surface area contributed by atoms with Crippen LogP contribution >= 0.6 is 22.6 Å². The third-order valence-electron chi connectivity index (χ3n) is 3.95. The SMILES string of the molecule is Oc1[nH]c2ncc(-c3ccccc3)cc2c1C=Nc1ccc(I)cc1. The van der Waals surface area contributed by atoms with Crippen LogP contribution in [0, 0.1) is 3.57 Å². The first-order valence-electron chi connectivity index (χ1n) is 7.76. The number of aromatic nitrogens is 2. The number of aliphatic imine (C=N–C) groups is 1. The van der Waals surface area contributed by atoms with Crippen molar-refractivity contribution < 1.29 is 5.11 Å². The monoisotopic (exact) mass is 439 g/mol. The van der Waals surface area contributed by atoms with E-state index in [0.29, 0.717) is 11.2 Å². The largest absolute Gasteiger partial charge is 0.494 e. The zero-order chi connectivity index (χ0) is 17.2. The van der Waals surface area contributed by atoms with Gasteiger partial charge in [0.2, 0.25) is 0 Å². The number of rotatable bonds is 3. The summed E-state index contributed by atoms with van der Waals surface area (Å²) in [5.74, 6) is 0.0713. The first-order valence-corrected chi connectivity index (χ1v) is 8.84. The van der Waals surface area contributed by atoms with Gasteiger partial charge in [0, 0.05) is 26.9 Å². The zero-order valence-corrected chi connectivity index (χ0v) is 15.3. The van der Waals surface area contributed by atoms with E-state index in [2.05, 4.69) is 37.6 Å². The molecule has 0 aliphatic heterocycles. The third-order valence-corrected chi connectivity index (χ3v) is 4.67. The molecule has 2 heterocycles. The summed E-state index contributed by atoms with van der Waals surface area (Å²) in [7, 11) is 0. The summed E-state index contributed by atoms with van der Waals surface area (Å²) in [6.07, 6.45) is 3.47. The number of nitrogens with zero attached hydrogens (tertiary/aromatic N) is 2. The summed E-state index contributed by atoms with van der Waals surface area (Å²) in [6.45, 7) is 0. The van der Waals surface area contributed by atoms with Crippen molar-refractivity contribution in [1.82, 2.24) is 9.97 Å². The molecular weight excluding hydrogens is 425 g/mol. The highest BCUT2D eigenvalue weighted by Gasteiger charge is 2.11. The second kappa shape index (κ2) is 6.68. The molecule has 0 aliphatic carbocycles. The van der Waals surface area contributed by atoms with Crippen LogP contribution < -0.4 is 0 Å². The van der Waals surface area contributed by atoms with Gasteiger partial charge in [0.25, 0.3) is 0 Å². The Hall–Kier alpha value is -2.67. The van der Waals surface area contributed by atoms with E-state index in [1.165, 1.54) is 0 Å². The van der Waals surface area contributed by atoms with Gasteiger partial charge in [-0.05, 0) is 58.5 Å². The molecule has 4 rings (SSSR count). The number of fused-ring (bicyclic) bond motifs is 1. The number of pyridine rings is 1. The van der Waals surface area contributed by atoms with Crippen LogP contribution in [0.3, 0.4) is 0 Å². The standard InChI is InChI=1S/C20H14IN3O/c21-15-6-8-16(9-7-15)22-12-18-17-10-14(13-4-2-1-3-5-13)11-23-19(17)24-20(18)25/h1-12,25H,(H,23,24). The molecule has 2 N–H and O–H groups in total. The van der Waals surface area contributed by atoms with Gasteiger partial charge in [-0.25, -0.2) is 4.98 Å². The molecule has 0 atom stereocenters. The molecule has 122 valence electrons. The number of halogens is 1. The van der Waals surface area contributed by atoms with Gasteiger partial charge in [0.15, 0.2) is 5.88 Å². The second-order valence-electron chi connectivity index (χ2n) is 5.61. The summed E-state index contributed by atoms with van der Waals surface area (Å²) in [6, 6.07) is 19.9. The molecule has 25 heavy (non-hydrogen) atoms. The number of benzene rings is 2. The molecule has 2 aromatic carbocycles. The summed E-state index contributed by atoms with van der Waals surface area (Å²) < 4.78 is 1.16. The van der Waals surface area contributed by atoms with Crippen molar-refractivity contribution in [3.05, 3.63) is 76.0 Å². The predicted octanol–water partition coefficient (Wildman–Crippen LogP) is 5.29. The molecule has 4 nitrogen and oxygen atoms in total. The molecule has 0 unspecified atom stereocenters. The lowest BCUT2D eigenvalue weighted by Gasteiger charge is -2.01. The van der Waals surface area contributed by atoms with Gasteiger partial charge in [-0.2, -0.15) is 0 Å². The number of H-pyrrole nitrogens is 1. The Morgan fingerprint density at radius 3 is 2.52 bits per heavy atom. The van der Waals surface area contributed by atoms with Crippen molar-refractivity contribution in [2.45, 2.75) is 0 Å². The lowest BCUT2D eigenvalue weighted by molar-refractivity contribution is 0.457. The molecule has 5 heteroatoms. The van der Waals surface area contributed by atoms with E-state index in [4.69, 9.17) is 0 Å².